The fourth-order valence-corrected chi connectivity index (χ4v) is 0.973. The maximum Gasteiger partial charge on any atom is 0.328 e. The van der Waals surface area contributed by atoms with Crippen LogP contribution >= 0.6 is 0 Å². The molecule has 2 unspecified atom stereocenters. The van der Waals surface area contributed by atoms with E-state index in [4.69, 9.17) is 15.9 Å². The average molecular weight is 251 g/mol. The molecular formula is C14H21NO3. The van der Waals surface area contributed by atoms with Gasteiger partial charge in [0.2, 0.25) is 0 Å². The number of carbonyl (C=O) groups is 1. The van der Waals surface area contributed by atoms with Crippen molar-refractivity contribution in [1.82, 2.24) is 0 Å². The molecule has 0 bridgehead atoms. The Kier molecular flexibility index (Phi) is 8.53. The minimum atomic E-state index is -0.922. The zero-order chi connectivity index (χ0) is 14.0. The molecule has 1 aromatic rings. The lowest BCUT2D eigenvalue weighted by Crippen LogP contribution is -2.26. The molecule has 4 nitrogen and oxygen atoms in total. The minimum Gasteiger partial charge on any atom is -0.478 e. The summed E-state index contributed by atoms with van der Waals surface area (Å²) in [6.07, 6.45) is 2.99. The highest BCUT2D eigenvalue weighted by atomic mass is 16.4. The molecule has 1 aromatic carbocycles. The average Bonchev–Trinajstić information content (AvgIpc) is 2.37. The van der Waals surface area contributed by atoms with E-state index >= 15 is 0 Å². The van der Waals surface area contributed by atoms with E-state index in [0.717, 1.165) is 18.1 Å². The van der Waals surface area contributed by atoms with Gasteiger partial charge in [0.25, 0.3) is 0 Å². The lowest BCUT2D eigenvalue weighted by Gasteiger charge is -2.09. The minimum absolute atomic E-state index is 0.236. The van der Waals surface area contributed by atoms with E-state index in [1.165, 1.54) is 0 Å². The molecule has 0 aliphatic rings. The van der Waals surface area contributed by atoms with Crippen LogP contribution in [0, 0.1) is 5.92 Å². The molecule has 0 aromatic heterocycles. The Morgan fingerprint density at radius 1 is 1.39 bits per heavy atom. The van der Waals surface area contributed by atoms with Crippen LogP contribution in [0.2, 0.25) is 0 Å². The van der Waals surface area contributed by atoms with Crippen molar-refractivity contribution in [3.05, 3.63) is 42.0 Å². The second-order valence-corrected chi connectivity index (χ2v) is 3.96. The summed E-state index contributed by atoms with van der Waals surface area (Å²) in [5, 5.41) is 16.9. The zero-order valence-corrected chi connectivity index (χ0v) is 10.8. The molecule has 0 heterocycles. The Hall–Kier alpha value is -1.65. The molecule has 0 saturated carbocycles. The van der Waals surface area contributed by atoms with Crippen LogP contribution in [0.25, 0.3) is 6.08 Å². The normalized spacial score (nSPS) is 13.6. The van der Waals surface area contributed by atoms with Crippen LogP contribution in [0.15, 0.2) is 36.4 Å². The number of benzene rings is 1. The molecule has 4 N–H and O–H groups in total. The Morgan fingerprint density at radius 2 is 1.94 bits per heavy atom. The molecule has 4 heteroatoms. The molecule has 2 atom stereocenters. The fourth-order valence-electron chi connectivity index (χ4n) is 0.973. The maximum absolute atomic E-state index is 10.1. The highest BCUT2D eigenvalue weighted by Crippen LogP contribution is 2.01. The summed E-state index contributed by atoms with van der Waals surface area (Å²) in [4.78, 5) is 10.1. The Bertz CT molecular complexity index is 361. The second-order valence-electron chi connectivity index (χ2n) is 3.96. The van der Waals surface area contributed by atoms with Crippen LogP contribution in [0.5, 0.6) is 0 Å². The topological polar surface area (TPSA) is 83.5 Å². The molecule has 0 aliphatic heterocycles. The highest BCUT2D eigenvalue weighted by Gasteiger charge is 2.03. The quantitative estimate of drug-likeness (QED) is 0.565. The highest BCUT2D eigenvalue weighted by molar-refractivity contribution is 5.85. The summed E-state index contributed by atoms with van der Waals surface area (Å²) < 4.78 is 0. The first-order valence-electron chi connectivity index (χ1n) is 5.87. The fraction of sp³-hybridized carbons (Fsp3) is 0.357. The largest absolute Gasteiger partial charge is 0.478 e. The van der Waals surface area contributed by atoms with Gasteiger partial charge < -0.3 is 15.9 Å². The van der Waals surface area contributed by atoms with E-state index in [9.17, 15) is 4.79 Å². The Labute approximate surface area is 108 Å². The monoisotopic (exact) mass is 251 g/mol. The molecule has 0 saturated heterocycles. The van der Waals surface area contributed by atoms with Crippen LogP contribution < -0.4 is 5.73 Å². The molecule has 100 valence electrons. The van der Waals surface area contributed by atoms with E-state index in [1.54, 1.807) is 6.08 Å². The van der Waals surface area contributed by atoms with E-state index in [0.29, 0.717) is 0 Å². The summed E-state index contributed by atoms with van der Waals surface area (Å²) in [6.45, 7) is 3.92. The van der Waals surface area contributed by atoms with Gasteiger partial charge in [0.1, 0.15) is 6.23 Å². The Balaban J connectivity index is 0.000000360. The van der Waals surface area contributed by atoms with Gasteiger partial charge in [-0.3, -0.25) is 0 Å². The number of hydrogen-bond acceptors (Lipinski definition) is 3. The predicted molar refractivity (Wildman–Crippen MR) is 72.8 cm³/mol. The van der Waals surface area contributed by atoms with Crippen LogP contribution in [0.4, 0.5) is 0 Å². The van der Waals surface area contributed by atoms with Gasteiger partial charge in [-0.1, -0.05) is 44.2 Å². The van der Waals surface area contributed by atoms with E-state index in [1.807, 2.05) is 44.2 Å². The number of aliphatic hydroxyl groups is 1. The van der Waals surface area contributed by atoms with Crippen molar-refractivity contribution < 1.29 is 15.0 Å². The molecule has 0 fully saturated rings. The molecular weight excluding hydrogens is 230 g/mol. The SMILES string of the molecule is CCC(C)C(N)O.O=C(O)C=Cc1ccccc1. The van der Waals surface area contributed by atoms with Gasteiger partial charge in [0.15, 0.2) is 0 Å². The lowest BCUT2D eigenvalue weighted by molar-refractivity contribution is -0.131. The van der Waals surface area contributed by atoms with Crippen molar-refractivity contribution in [1.29, 1.82) is 0 Å². The van der Waals surface area contributed by atoms with E-state index < -0.39 is 12.2 Å². The molecule has 0 amide bonds. The van der Waals surface area contributed by atoms with Crippen molar-refractivity contribution >= 4 is 12.0 Å². The first-order chi connectivity index (χ1) is 8.47. The van der Waals surface area contributed by atoms with Crippen molar-refractivity contribution in [3.8, 4) is 0 Å². The molecule has 0 radical (unpaired) electrons. The van der Waals surface area contributed by atoms with Crippen LogP contribution in [0.3, 0.4) is 0 Å². The van der Waals surface area contributed by atoms with Gasteiger partial charge in [-0.25, -0.2) is 4.79 Å². The number of carboxylic acids is 1. The van der Waals surface area contributed by atoms with Gasteiger partial charge >= 0.3 is 5.97 Å². The second kappa shape index (κ2) is 9.39. The van der Waals surface area contributed by atoms with Crippen molar-refractivity contribution in [2.45, 2.75) is 26.5 Å². The lowest BCUT2D eigenvalue weighted by atomic mass is 10.1. The van der Waals surface area contributed by atoms with Gasteiger partial charge in [-0.05, 0) is 24.0 Å². The number of rotatable bonds is 4. The third-order valence-electron chi connectivity index (χ3n) is 2.44. The summed E-state index contributed by atoms with van der Waals surface area (Å²) in [5.74, 6) is -0.686. The summed E-state index contributed by atoms with van der Waals surface area (Å²) >= 11 is 0. The van der Waals surface area contributed by atoms with Crippen LogP contribution in [-0.2, 0) is 4.79 Å². The van der Waals surface area contributed by atoms with Crippen LogP contribution in [0.1, 0.15) is 25.8 Å². The summed E-state index contributed by atoms with van der Waals surface area (Å²) in [5.41, 5.74) is 6.00. The third kappa shape index (κ3) is 8.50. The molecule has 18 heavy (non-hydrogen) atoms. The number of carboxylic acid groups (broad SMARTS) is 1. The van der Waals surface area contributed by atoms with Gasteiger partial charge in [-0.15, -0.1) is 0 Å². The number of nitrogens with two attached hydrogens (primary N) is 1. The number of hydrogen-bond donors (Lipinski definition) is 3. The third-order valence-corrected chi connectivity index (χ3v) is 2.44. The molecule has 1 rings (SSSR count). The first kappa shape index (κ1) is 16.4. The predicted octanol–water partition coefficient (Wildman–Crippen LogP) is 2.09. The van der Waals surface area contributed by atoms with Gasteiger partial charge in [-0.2, -0.15) is 0 Å². The standard InChI is InChI=1S/C9H8O2.C5H13NO/c10-9(11)7-6-8-4-2-1-3-5-8;1-3-4(2)5(6)7/h1-7H,(H,10,11);4-5,7H,3,6H2,1-2H3. The van der Waals surface area contributed by atoms with Gasteiger partial charge in [0, 0.05) is 6.08 Å². The van der Waals surface area contributed by atoms with Crippen LogP contribution in [-0.4, -0.2) is 22.4 Å². The smallest absolute Gasteiger partial charge is 0.328 e. The van der Waals surface area contributed by atoms with Gasteiger partial charge in [0.05, 0.1) is 0 Å². The summed E-state index contributed by atoms with van der Waals surface area (Å²) in [7, 11) is 0. The number of aliphatic carboxylic acids is 1. The number of aliphatic hydroxyl groups excluding tert-OH is 1. The molecule has 0 spiro atoms. The summed E-state index contributed by atoms with van der Waals surface area (Å²) in [6, 6.07) is 9.31. The maximum atomic E-state index is 10.1. The zero-order valence-electron chi connectivity index (χ0n) is 10.8. The first-order valence-corrected chi connectivity index (χ1v) is 5.87. The van der Waals surface area contributed by atoms with Crippen molar-refractivity contribution in [2.75, 3.05) is 0 Å². The van der Waals surface area contributed by atoms with E-state index in [2.05, 4.69) is 0 Å². The van der Waals surface area contributed by atoms with Crippen molar-refractivity contribution in [2.24, 2.45) is 11.7 Å². The van der Waals surface area contributed by atoms with Crippen molar-refractivity contribution in [3.63, 3.8) is 0 Å². The Morgan fingerprint density at radius 3 is 2.28 bits per heavy atom. The van der Waals surface area contributed by atoms with E-state index in [-0.39, 0.29) is 5.92 Å². The molecule has 0 aliphatic carbocycles.